The van der Waals surface area contributed by atoms with Crippen LogP contribution in [-0.2, 0) is 23.1 Å². The Hall–Kier alpha value is -1.86. The van der Waals surface area contributed by atoms with Crippen LogP contribution in [0, 0.1) is 0 Å². The molecular weight excluding hydrogens is 400 g/mol. The zero-order valence-corrected chi connectivity index (χ0v) is 16.6. The molecule has 140 valence electrons. The normalized spacial score (nSPS) is 15.0. The third-order valence-corrected chi connectivity index (χ3v) is 5.31. The van der Waals surface area contributed by atoms with Crippen molar-refractivity contribution >= 4 is 21.9 Å². The number of hydrogen-bond acceptors (Lipinski definition) is 5. The minimum atomic E-state index is -0.401. The van der Waals surface area contributed by atoms with Crippen molar-refractivity contribution in [3.63, 3.8) is 0 Å². The Morgan fingerprint density at radius 2 is 2.00 bits per heavy atom. The monoisotopic (exact) mass is 422 g/mol. The number of aromatic nitrogens is 2. The highest BCUT2D eigenvalue weighted by atomic mass is 79.9. The molecule has 1 aromatic heterocycles. The van der Waals surface area contributed by atoms with Crippen molar-refractivity contribution in [3.8, 4) is 5.75 Å². The molecule has 1 aliphatic rings. The van der Waals surface area contributed by atoms with Gasteiger partial charge in [0.05, 0.1) is 11.1 Å². The quantitative estimate of drug-likeness (QED) is 0.661. The summed E-state index contributed by atoms with van der Waals surface area (Å²) in [5.74, 6) is 0.937. The zero-order chi connectivity index (χ0) is 18.5. The summed E-state index contributed by atoms with van der Waals surface area (Å²) in [5.41, 5.74) is 2.37. The van der Waals surface area contributed by atoms with Gasteiger partial charge in [-0.05, 0) is 59.3 Å². The number of benzene rings is 1. The second-order valence-corrected chi connectivity index (χ2v) is 6.99. The van der Waals surface area contributed by atoms with Crippen LogP contribution in [0.1, 0.15) is 47.4 Å². The number of halogens is 1. The lowest BCUT2D eigenvalue weighted by atomic mass is 9.92. The molecule has 0 N–H and O–H groups in total. The summed E-state index contributed by atoms with van der Waals surface area (Å²) in [6.45, 7) is 4.03. The number of hydrogen-bond donors (Lipinski definition) is 0. The number of rotatable bonds is 6. The Labute approximate surface area is 161 Å². The van der Waals surface area contributed by atoms with Gasteiger partial charge >= 0.3 is 5.97 Å². The fourth-order valence-electron chi connectivity index (χ4n) is 3.09. The summed E-state index contributed by atoms with van der Waals surface area (Å²) in [6, 6.07) is 8.19. The third-order valence-electron chi connectivity index (χ3n) is 4.47. The lowest BCUT2D eigenvalue weighted by Gasteiger charge is -2.22. The van der Waals surface area contributed by atoms with Crippen LogP contribution in [-0.4, -0.2) is 35.6 Å². The summed E-state index contributed by atoms with van der Waals surface area (Å²) in [6.07, 6.45) is 2.13. The Morgan fingerprint density at radius 3 is 2.65 bits per heavy atom. The van der Waals surface area contributed by atoms with Crippen molar-refractivity contribution in [1.29, 1.82) is 0 Å². The van der Waals surface area contributed by atoms with Gasteiger partial charge in [-0.2, -0.15) is 5.10 Å². The van der Waals surface area contributed by atoms with Gasteiger partial charge in [0, 0.05) is 20.3 Å². The molecule has 3 rings (SSSR count). The van der Waals surface area contributed by atoms with E-state index in [1.54, 1.807) is 14.0 Å². The number of carbonyl (C=O) groups is 1. The third kappa shape index (κ3) is 4.27. The maximum atomic E-state index is 12.0. The molecule has 0 saturated carbocycles. The average Bonchev–Trinajstić information content (AvgIpc) is 2.95. The lowest BCUT2D eigenvalue weighted by molar-refractivity contribution is 0.0512. The Morgan fingerprint density at radius 1 is 1.31 bits per heavy atom. The average molecular weight is 423 g/mol. The van der Waals surface area contributed by atoms with Crippen molar-refractivity contribution in [1.82, 2.24) is 9.78 Å². The van der Waals surface area contributed by atoms with E-state index in [2.05, 4.69) is 33.2 Å². The standard InChI is InChI=1S/C19H23BrN2O4/c1-3-25-19(23)18-17(20)16(21-22(18)2)12-26-15-6-4-13(5-7-15)14-8-10-24-11-9-14/h4-7,14H,3,8-12H2,1-2H3. The van der Waals surface area contributed by atoms with Crippen molar-refractivity contribution in [3.05, 3.63) is 45.7 Å². The van der Waals surface area contributed by atoms with Gasteiger partial charge in [-0.3, -0.25) is 4.68 Å². The maximum absolute atomic E-state index is 12.0. The van der Waals surface area contributed by atoms with E-state index in [0.717, 1.165) is 31.8 Å². The van der Waals surface area contributed by atoms with Crippen LogP contribution >= 0.6 is 15.9 Å². The fraction of sp³-hybridized carbons (Fsp3) is 0.474. The second kappa shape index (κ2) is 8.68. The first-order chi connectivity index (χ1) is 12.6. The molecule has 1 saturated heterocycles. The molecule has 0 unspecified atom stereocenters. The summed E-state index contributed by atoms with van der Waals surface area (Å²) in [4.78, 5) is 12.0. The first kappa shape index (κ1) is 18.9. The van der Waals surface area contributed by atoms with Gasteiger partial charge in [-0.15, -0.1) is 0 Å². The van der Waals surface area contributed by atoms with Crippen molar-refractivity contribution in [2.24, 2.45) is 7.05 Å². The summed E-state index contributed by atoms with van der Waals surface area (Å²) in [5, 5.41) is 4.35. The van der Waals surface area contributed by atoms with Crippen LogP contribution in [0.2, 0.25) is 0 Å². The lowest BCUT2D eigenvalue weighted by Crippen LogP contribution is -2.13. The van der Waals surface area contributed by atoms with Crippen molar-refractivity contribution in [2.45, 2.75) is 32.3 Å². The van der Waals surface area contributed by atoms with E-state index in [9.17, 15) is 4.79 Å². The molecule has 2 aromatic rings. The van der Waals surface area contributed by atoms with Gasteiger partial charge in [-0.25, -0.2) is 4.79 Å². The van der Waals surface area contributed by atoms with Gasteiger partial charge in [0.15, 0.2) is 5.69 Å². The summed E-state index contributed by atoms with van der Waals surface area (Å²) >= 11 is 3.43. The predicted molar refractivity (Wildman–Crippen MR) is 100 cm³/mol. The SMILES string of the molecule is CCOC(=O)c1c(Br)c(COc2ccc(C3CCOCC3)cc2)nn1C. The molecular formula is C19H23BrN2O4. The topological polar surface area (TPSA) is 62.6 Å². The summed E-state index contributed by atoms with van der Waals surface area (Å²) < 4.78 is 18.4. The van der Waals surface area contributed by atoms with E-state index in [1.807, 2.05) is 12.1 Å². The van der Waals surface area contributed by atoms with Gasteiger partial charge in [0.25, 0.3) is 0 Å². The van der Waals surface area contributed by atoms with Crippen LogP contribution in [0.5, 0.6) is 5.75 Å². The van der Waals surface area contributed by atoms with Crippen LogP contribution in [0.25, 0.3) is 0 Å². The molecule has 1 fully saturated rings. The Kier molecular flexibility index (Phi) is 6.32. The number of carbonyl (C=O) groups excluding carboxylic acids is 1. The van der Waals surface area contributed by atoms with E-state index < -0.39 is 5.97 Å². The minimum absolute atomic E-state index is 0.268. The predicted octanol–water partition coefficient (Wildman–Crippen LogP) is 3.83. The number of nitrogens with zero attached hydrogens (tertiary/aromatic N) is 2. The van der Waals surface area contributed by atoms with E-state index in [0.29, 0.717) is 28.4 Å². The van der Waals surface area contributed by atoms with Gasteiger partial charge in [0.1, 0.15) is 18.1 Å². The number of aryl methyl sites for hydroxylation is 1. The highest BCUT2D eigenvalue weighted by molar-refractivity contribution is 9.10. The molecule has 0 atom stereocenters. The van der Waals surface area contributed by atoms with E-state index in [1.165, 1.54) is 10.2 Å². The molecule has 0 amide bonds. The molecule has 1 aromatic carbocycles. The van der Waals surface area contributed by atoms with Gasteiger partial charge < -0.3 is 14.2 Å². The highest BCUT2D eigenvalue weighted by Gasteiger charge is 2.22. The highest BCUT2D eigenvalue weighted by Crippen LogP contribution is 2.29. The van der Waals surface area contributed by atoms with Crippen LogP contribution in [0.4, 0.5) is 0 Å². The van der Waals surface area contributed by atoms with Crippen molar-refractivity contribution < 1.29 is 19.0 Å². The van der Waals surface area contributed by atoms with Gasteiger partial charge in [0.2, 0.25) is 0 Å². The van der Waals surface area contributed by atoms with E-state index in [-0.39, 0.29) is 6.61 Å². The minimum Gasteiger partial charge on any atom is -0.487 e. The van der Waals surface area contributed by atoms with Crippen molar-refractivity contribution in [2.75, 3.05) is 19.8 Å². The van der Waals surface area contributed by atoms with Crippen LogP contribution < -0.4 is 4.74 Å². The maximum Gasteiger partial charge on any atom is 0.357 e. The fourth-order valence-corrected chi connectivity index (χ4v) is 3.70. The van der Waals surface area contributed by atoms with E-state index >= 15 is 0 Å². The second-order valence-electron chi connectivity index (χ2n) is 6.20. The van der Waals surface area contributed by atoms with Gasteiger partial charge in [-0.1, -0.05) is 12.1 Å². The summed E-state index contributed by atoms with van der Waals surface area (Å²) in [7, 11) is 1.71. The van der Waals surface area contributed by atoms with E-state index in [4.69, 9.17) is 14.2 Å². The molecule has 0 bridgehead atoms. The van der Waals surface area contributed by atoms with Crippen LogP contribution in [0.3, 0.4) is 0 Å². The molecule has 0 spiro atoms. The Bertz CT molecular complexity index is 752. The molecule has 0 aliphatic carbocycles. The molecule has 1 aliphatic heterocycles. The largest absolute Gasteiger partial charge is 0.487 e. The first-order valence-electron chi connectivity index (χ1n) is 8.79. The molecule has 2 heterocycles. The molecule has 26 heavy (non-hydrogen) atoms. The number of esters is 1. The zero-order valence-electron chi connectivity index (χ0n) is 15.0. The molecule has 7 heteroatoms. The molecule has 0 radical (unpaired) electrons. The Balaban J connectivity index is 1.64. The molecule has 6 nitrogen and oxygen atoms in total. The first-order valence-corrected chi connectivity index (χ1v) is 9.58. The van der Waals surface area contributed by atoms with Crippen LogP contribution in [0.15, 0.2) is 28.7 Å². The smallest absolute Gasteiger partial charge is 0.357 e. The number of ether oxygens (including phenoxy) is 3.